The lowest BCUT2D eigenvalue weighted by Crippen LogP contribution is -2.30. The Morgan fingerprint density at radius 3 is 2.55 bits per heavy atom. The van der Waals surface area contributed by atoms with Gasteiger partial charge in [0.2, 0.25) is 10.0 Å². The zero-order chi connectivity index (χ0) is 15.5. The van der Waals surface area contributed by atoms with Crippen LogP contribution in [0.2, 0.25) is 0 Å². The second kappa shape index (κ2) is 6.06. The zero-order valence-electron chi connectivity index (χ0n) is 11.5. The van der Waals surface area contributed by atoms with E-state index < -0.39 is 21.9 Å². The zero-order valence-corrected chi connectivity index (χ0v) is 12.3. The minimum Gasteiger partial charge on any atom is -0.481 e. The number of aliphatic carboxylic acids is 1. The van der Waals surface area contributed by atoms with Crippen molar-refractivity contribution < 1.29 is 23.1 Å². The first-order chi connectivity index (χ1) is 9.19. The topological polar surface area (TPSA) is 109 Å². The summed E-state index contributed by atoms with van der Waals surface area (Å²) in [5.41, 5.74) is 0.173. The van der Waals surface area contributed by atoms with Crippen LogP contribution in [0.5, 0.6) is 0 Å². The molecule has 0 spiro atoms. The Morgan fingerprint density at radius 1 is 1.45 bits per heavy atom. The van der Waals surface area contributed by atoms with Gasteiger partial charge in [0.1, 0.15) is 10.6 Å². The summed E-state index contributed by atoms with van der Waals surface area (Å²) in [4.78, 5) is 23.8. The monoisotopic (exact) mass is 303 g/mol. The molecule has 0 bridgehead atoms. The number of hydrogen-bond donors (Lipinski definition) is 2. The van der Waals surface area contributed by atoms with E-state index in [-0.39, 0.29) is 23.6 Å². The van der Waals surface area contributed by atoms with Crippen LogP contribution in [-0.2, 0) is 21.9 Å². The quantitative estimate of drug-likeness (QED) is 0.735. The lowest BCUT2D eigenvalue weighted by Gasteiger charge is -2.16. The van der Waals surface area contributed by atoms with Crippen molar-refractivity contribution in [3.63, 3.8) is 0 Å². The summed E-state index contributed by atoms with van der Waals surface area (Å²) in [5, 5.41) is 8.58. The molecule has 1 heterocycles. The molecule has 0 aliphatic heterocycles. The van der Waals surface area contributed by atoms with E-state index in [4.69, 9.17) is 5.11 Å². The highest BCUT2D eigenvalue weighted by atomic mass is 32.2. The Hall–Kier alpha value is -1.87. The molecule has 1 amide bonds. The van der Waals surface area contributed by atoms with E-state index in [0.29, 0.717) is 0 Å². The molecule has 0 radical (unpaired) electrons. The molecular formula is C11H17N3O5S. The molecule has 0 aliphatic rings. The van der Waals surface area contributed by atoms with Crippen LogP contribution in [-0.4, -0.2) is 55.5 Å². The molecular weight excluding hydrogens is 286 g/mol. The first-order valence-electron chi connectivity index (χ1n) is 5.76. The van der Waals surface area contributed by atoms with E-state index in [0.717, 1.165) is 0 Å². The summed E-state index contributed by atoms with van der Waals surface area (Å²) in [5.74, 6) is -1.44. The van der Waals surface area contributed by atoms with Crippen LogP contribution in [0.3, 0.4) is 0 Å². The third-order valence-corrected chi connectivity index (χ3v) is 4.17. The Morgan fingerprint density at radius 2 is 2.05 bits per heavy atom. The molecule has 9 heteroatoms. The molecule has 0 atom stereocenters. The minimum absolute atomic E-state index is 0.0162. The fourth-order valence-electron chi connectivity index (χ4n) is 1.57. The van der Waals surface area contributed by atoms with Gasteiger partial charge in [0.25, 0.3) is 5.91 Å². The van der Waals surface area contributed by atoms with Gasteiger partial charge in [-0.3, -0.25) is 9.59 Å². The van der Waals surface area contributed by atoms with Crippen LogP contribution in [0.1, 0.15) is 16.9 Å². The van der Waals surface area contributed by atoms with E-state index in [1.54, 1.807) is 7.05 Å². The summed E-state index contributed by atoms with van der Waals surface area (Å²) in [6.07, 6.45) is 1.15. The highest BCUT2D eigenvalue weighted by molar-refractivity contribution is 7.89. The average molecular weight is 303 g/mol. The molecule has 0 saturated carbocycles. The van der Waals surface area contributed by atoms with Gasteiger partial charge in [0, 0.05) is 26.8 Å². The third kappa shape index (κ3) is 3.58. The van der Waals surface area contributed by atoms with Gasteiger partial charge in [-0.2, -0.15) is 0 Å². The molecule has 2 N–H and O–H groups in total. The van der Waals surface area contributed by atoms with Crippen molar-refractivity contribution in [3.05, 3.63) is 18.0 Å². The van der Waals surface area contributed by atoms with Gasteiger partial charge < -0.3 is 14.6 Å². The molecule has 0 saturated heterocycles. The molecule has 0 fully saturated rings. The van der Waals surface area contributed by atoms with Crippen molar-refractivity contribution in [2.24, 2.45) is 7.05 Å². The number of carboxylic acid groups (broad SMARTS) is 1. The minimum atomic E-state index is -3.62. The number of sulfonamides is 1. The van der Waals surface area contributed by atoms with Crippen LogP contribution in [0, 0.1) is 0 Å². The number of nitrogens with zero attached hydrogens (tertiary/aromatic N) is 2. The van der Waals surface area contributed by atoms with Gasteiger partial charge in [0.05, 0.1) is 6.42 Å². The van der Waals surface area contributed by atoms with E-state index in [9.17, 15) is 18.0 Å². The summed E-state index contributed by atoms with van der Waals surface area (Å²) in [7, 11) is 0.671. The van der Waals surface area contributed by atoms with Crippen LogP contribution >= 0.6 is 0 Å². The van der Waals surface area contributed by atoms with Crippen molar-refractivity contribution in [1.82, 2.24) is 14.2 Å². The molecule has 0 aliphatic carbocycles. The lowest BCUT2D eigenvalue weighted by molar-refractivity contribution is -0.137. The predicted octanol–water partition coefficient (Wildman–Crippen LogP) is -0.520. The number of carbonyl (C=O) groups is 2. The fraction of sp³-hybridized carbons (Fsp3) is 0.455. The van der Waals surface area contributed by atoms with Gasteiger partial charge in [-0.05, 0) is 13.1 Å². The van der Waals surface area contributed by atoms with Crippen molar-refractivity contribution in [1.29, 1.82) is 0 Å². The van der Waals surface area contributed by atoms with Crippen molar-refractivity contribution in [3.8, 4) is 0 Å². The summed E-state index contributed by atoms with van der Waals surface area (Å²) >= 11 is 0. The van der Waals surface area contributed by atoms with Crippen LogP contribution in [0.25, 0.3) is 0 Å². The molecule has 8 nitrogen and oxygen atoms in total. The summed E-state index contributed by atoms with van der Waals surface area (Å²) in [6, 6.07) is 1.26. The number of nitrogens with one attached hydrogen (secondary N) is 1. The van der Waals surface area contributed by atoms with Gasteiger partial charge >= 0.3 is 5.97 Å². The van der Waals surface area contributed by atoms with E-state index in [1.165, 1.54) is 35.8 Å². The predicted molar refractivity (Wildman–Crippen MR) is 70.9 cm³/mol. The van der Waals surface area contributed by atoms with Crippen molar-refractivity contribution in [2.45, 2.75) is 11.3 Å². The molecule has 0 unspecified atom stereocenters. The van der Waals surface area contributed by atoms with Crippen molar-refractivity contribution in [2.75, 3.05) is 20.6 Å². The average Bonchev–Trinajstić information content (AvgIpc) is 2.77. The van der Waals surface area contributed by atoms with Crippen molar-refractivity contribution >= 4 is 21.9 Å². The maximum absolute atomic E-state index is 12.1. The first-order valence-corrected chi connectivity index (χ1v) is 7.24. The van der Waals surface area contributed by atoms with Gasteiger partial charge in [-0.1, -0.05) is 0 Å². The van der Waals surface area contributed by atoms with Crippen LogP contribution in [0.4, 0.5) is 0 Å². The number of rotatable bonds is 6. The Balaban J connectivity index is 2.97. The van der Waals surface area contributed by atoms with Gasteiger partial charge in [0.15, 0.2) is 0 Å². The van der Waals surface area contributed by atoms with E-state index in [2.05, 4.69) is 4.72 Å². The second-order valence-electron chi connectivity index (χ2n) is 4.25. The SMILES string of the molecule is CNS(=O)(=O)c1cc(C(=O)N(C)CCC(=O)O)n(C)c1. The largest absolute Gasteiger partial charge is 0.481 e. The van der Waals surface area contributed by atoms with Gasteiger partial charge in [-0.15, -0.1) is 0 Å². The highest BCUT2D eigenvalue weighted by Crippen LogP contribution is 2.14. The normalized spacial score (nSPS) is 11.3. The molecule has 0 aromatic carbocycles. The summed E-state index contributed by atoms with van der Waals surface area (Å²) < 4.78 is 26.8. The number of aromatic nitrogens is 1. The number of carbonyl (C=O) groups excluding carboxylic acids is 1. The molecule has 112 valence electrons. The highest BCUT2D eigenvalue weighted by Gasteiger charge is 2.21. The summed E-state index contributed by atoms with van der Waals surface area (Å²) in [6.45, 7) is 0.0491. The third-order valence-electron chi connectivity index (χ3n) is 2.79. The first kappa shape index (κ1) is 16.2. The molecule has 1 rings (SSSR count). The number of hydrogen-bond acceptors (Lipinski definition) is 4. The maximum Gasteiger partial charge on any atom is 0.305 e. The molecule has 1 aromatic rings. The smallest absolute Gasteiger partial charge is 0.305 e. The second-order valence-corrected chi connectivity index (χ2v) is 6.14. The lowest BCUT2D eigenvalue weighted by atomic mass is 10.3. The van der Waals surface area contributed by atoms with E-state index >= 15 is 0 Å². The Bertz CT molecular complexity index is 620. The number of amides is 1. The van der Waals surface area contributed by atoms with Crippen LogP contribution < -0.4 is 4.72 Å². The Labute approximate surface area is 117 Å². The fourth-order valence-corrected chi connectivity index (χ4v) is 2.37. The molecule has 20 heavy (non-hydrogen) atoms. The Kier molecular flexibility index (Phi) is 4.90. The van der Waals surface area contributed by atoms with Gasteiger partial charge in [-0.25, -0.2) is 13.1 Å². The number of carboxylic acids is 1. The van der Waals surface area contributed by atoms with E-state index in [1.807, 2.05) is 0 Å². The van der Waals surface area contributed by atoms with Crippen LogP contribution in [0.15, 0.2) is 17.2 Å². The maximum atomic E-state index is 12.1. The molecule has 1 aromatic heterocycles. The standard InChI is InChI=1S/C11H17N3O5S/c1-12-20(18,19)8-6-9(14(3)7-8)11(17)13(2)5-4-10(15)16/h6-7,12H,4-5H2,1-3H3,(H,15,16). The number of aryl methyl sites for hydroxylation is 1.